The Labute approximate surface area is 76.6 Å². The van der Waals surface area contributed by atoms with Crippen LogP contribution in [0.25, 0.3) is 0 Å². The molecule has 0 N–H and O–H groups in total. The van der Waals surface area contributed by atoms with E-state index < -0.39 is 12.3 Å². The van der Waals surface area contributed by atoms with Crippen LogP contribution < -0.4 is 0 Å². The van der Waals surface area contributed by atoms with Crippen molar-refractivity contribution < 1.29 is 19.1 Å². The first-order valence-electron chi connectivity index (χ1n) is 4.29. The maximum Gasteiger partial charge on any atom is 0.356 e. The van der Waals surface area contributed by atoms with Gasteiger partial charge in [0.25, 0.3) is 0 Å². The molecule has 0 radical (unpaired) electrons. The van der Waals surface area contributed by atoms with Crippen LogP contribution in [0, 0.1) is 0 Å². The molecule has 1 aliphatic heterocycles. The van der Waals surface area contributed by atoms with Crippen molar-refractivity contribution >= 4 is 11.7 Å². The summed E-state index contributed by atoms with van der Waals surface area (Å²) in [5.74, 6) is -0.426. The predicted molar refractivity (Wildman–Crippen MR) is 45.2 cm³/mol. The highest BCUT2D eigenvalue weighted by Gasteiger charge is 2.26. The lowest BCUT2D eigenvalue weighted by Crippen LogP contribution is -2.19. The number of rotatable bonds is 4. The number of carbonyl (C=O) groups is 1. The van der Waals surface area contributed by atoms with Crippen molar-refractivity contribution in [1.82, 2.24) is 0 Å². The molecule has 5 heteroatoms. The molecule has 74 valence electrons. The first-order valence-corrected chi connectivity index (χ1v) is 4.29. The molecule has 1 aliphatic rings. The lowest BCUT2D eigenvalue weighted by Gasteiger charge is -2.05. The molecular formula is C8H13NO4. The SMILES string of the molecule is CCOC(=O)C1=NO[C@H](OCC)C1. The van der Waals surface area contributed by atoms with Crippen molar-refractivity contribution in [2.45, 2.75) is 26.6 Å². The molecule has 0 fully saturated rings. The van der Waals surface area contributed by atoms with Gasteiger partial charge in [0.05, 0.1) is 13.0 Å². The van der Waals surface area contributed by atoms with E-state index in [2.05, 4.69) is 5.16 Å². The van der Waals surface area contributed by atoms with Gasteiger partial charge in [0, 0.05) is 6.61 Å². The average molecular weight is 187 g/mol. The molecule has 0 unspecified atom stereocenters. The molecule has 5 nitrogen and oxygen atoms in total. The fourth-order valence-corrected chi connectivity index (χ4v) is 0.965. The van der Waals surface area contributed by atoms with Crippen LogP contribution in [0.5, 0.6) is 0 Å². The summed E-state index contributed by atoms with van der Waals surface area (Å²) < 4.78 is 9.86. The van der Waals surface area contributed by atoms with Crippen molar-refractivity contribution in [3.05, 3.63) is 0 Å². The molecule has 0 spiro atoms. The number of oxime groups is 1. The summed E-state index contributed by atoms with van der Waals surface area (Å²) in [5, 5.41) is 3.57. The summed E-state index contributed by atoms with van der Waals surface area (Å²) in [6.45, 7) is 4.48. The summed E-state index contributed by atoms with van der Waals surface area (Å²) in [7, 11) is 0. The van der Waals surface area contributed by atoms with Crippen LogP contribution in [0.3, 0.4) is 0 Å². The largest absolute Gasteiger partial charge is 0.461 e. The molecular weight excluding hydrogens is 174 g/mol. The first kappa shape index (κ1) is 9.98. The van der Waals surface area contributed by atoms with Gasteiger partial charge in [-0.2, -0.15) is 0 Å². The Hall–Kier alpha value is -1.10. The van der Waals surface area contributed by atoms with Gasteiger partial charge in [-0.3, -0.25) is 0 Å². The number of hydrogen-bond acceptors (Lipinski definition) is 5. The van der Waals surface area contributed by atoms with Crippen molar-refractivity contribution in [3.63, 3.8) is 0 Å². The first-order chi connectivity index (χ1) is 6.27. The van der Waals surface area contributed by atoms with E-state index in [4.69, 9.17) is 14.3 Å². The van der Waals surface area contributed by atoms with Crippen LogP contribution in [0.2, 0.25) is 0 Å². The van der Waals surface area contributed by atoms with E-state index in [1.807, 2.05) is 6.92 Å². The number of nitrogens with zero attached hydrogens (tertiary/aromatic N) is 1. The quantitative estimate of drug-likeness (QED) is 0.607. The van der Waals surface area contributed by atoms with E-state index in [1.165, 1.54) is 0 Å². The highest BCUT2D eigenvalue weighted by molar-refractivity contribution is 6.36. The normalized spacial score (nSPS) is 20.8. The molecule has 0 bridgehead atoms. The highest BCUT2D eigenvalue weighted by Crippen LogP contribution is 2.12. The maximum atomic E-state index is 11.1. The molecule has 0 saturated heterocycles. The zero-order valence-corrected chi connectivity index (χ0v) is 7.78. The summed E-state index contributed by atoms with van der Waals surface area (Å²) in [6, 6.07) is 0. The van der Waals surface area contributed by atoms with E-state index in [1.54, 1.807) is 6.92 Å². The van der Waals surface area contributed by atoms with Gasteiger partial charge in [-0.25, -0.2) is 4.79 Å². The van der Waals surface area contributed by atoms with Crippen LogP contribution in [0.15, 0.2) is 5.16 Å². The summed E-state index contributed by atoms with van der Waals surface area (Å²) in [5.41, 5.74) is 0.292. The Bertz CT molecular complexity index is 214. The molecule has 1 rings (SSSR count). The second kappa shape index (κ2) is 4.81. The Balaban J connectivity index is 2.34. The van der Waals surface area contributed by atoms with Gasteiger partial charge in [0.2, 0.25) is 6.29 Å². The molecule has 0 aromatic carbocycles. The third-order valence-corrected chi connectivity index (χ3v) is 1.50. The van der Waals surface area contributed by atoms with E-state index in [-0.39, 0.29) is 0 Å². The Kier molecular flexibility index (Phi) is 3.70. The molecule has 0 amide bonds. The number of ether oxygens (including phenoxy) is 2. The number of carbonyl (C=O) groups excluding carboxylic acids is 1. The van der Waals surface area contributed by atoms with Crippen LogP contribution in [0.1, 0.15) is 20.3 Å². The fourth-order valence-electron chi connectivity index (χ4n) is 0.965. The Morgan fingerprint density at radius 1 is 1.62 bits per heavy atom. The lowest BCUT2D eigenvalue weighted by molar-refractivity contribution is -0.135. The van der Waals surface area contributed by atoms with Gasteiger partial charge in [-0.1, -0.05) is 5.16 Å². The number of esters is 1. The van der Waals surface area contributed by atoms with Crippen molar-refractivity contribution in [2.24, 2.45) is 5.16 Å². The molecule has 0 aromatic rings. The van der Waals surface area contributed by atoms with Crippen molar-refractivity contribution in [1.29, 1.82) is 0 Å². The van der Waals surface area contributed by atoms with E-state index in [0.717, 1.165) is 0 Å². The fraction of sp³-hybridized carbons (Fsp3) is 0.750. The second-order valence-electron chi connectivity index (χ2n) is 2.45. The van der Waals surface area contributed by atoms with Crippen LogP contribution in [-0.4, -0.2) is 31.2 Å². The minimum absolute atomic E-state index is 0.292. The summed E-state index contributed by atoms with van der Waals surface area (Å²) in [6.07, 6.45) is -0.0587. The Morgan fingerprint density at radius 2 is 2.38 bits per heavy atom. The molecule has 1 atom stereocenters. The standard InChI is InChI=1S/C8H13NO4/c1-3-11-7-5-6(9-13-7)8(10)12-4-2/h7H,3-5H2,1-2H3/t7-/m0/s1. The Morgan fingerprint density at radius 3 is 3.00 bits per heavy atom. The number of hydrogen-bond donors (Lipinski definition) is 0. The second-order valence-corrected chi connectivity index (χ2v) is 2.45. The van der Waals surface area contributed by atoms with Crippen molar-refractivity contribution in [2.75, 3.05) is 13.2 Å². The molecule has 0 aromatic heterocycles. The zero-order chi connectivity index (χ0) is 9.68. The van der Waals surface area contributed by atoms with Gasteiger partial charge in [0.1, 0.15) is 0 Å². The van der Waals surface area contributed by atoms with E-state index >= 15 is 0 Å². The predicted octanol–water partition coefficient (Wildman–Crippen LogP) is 0.688. The highest BCUT2D eigenvalue weighted by atomic mass is 16.8. The molecule has 0 saturated carbocycles. The van der Waals surface area contributed by atoms with Gasteiger partial charge >= 0.3 is 5.97 Å². The molecule has 0 aliphatic carbocycles. The van der Waals surface area contributed by atoms with Gasteiger partial charge < -0.3 is 14.3 Å². The van der Waals surface area contributed by atoms with Gasteiger partial charge in [-0.05, 0) is 13.8 Å². The maximum absolute atomic E-state index is 11.1. The van der Waals surface area contributed by atoms with Gasteiger partial charge in [-0.15, -0.1) is 0 Å². The lowest BCUT2D eigenvalue weighted by atomic mass is 10.3. The smallest absolute Gasteiger partial charge is 0.356 e. The molecule has 13 heavy (non-hydrogen) atoms. The van der Waals surface area contributed by atoms with Crippen LogP contribution in [-0.2, 0) is 19.1 Å². The monoisotopic (exact) mass is 187 g/mol. The minimum Gasteiger partial charge on any atom is -0.461 e. The van der Waals surface area contributed by atoms with Crippen LogP contribution >= 0.6 is 0 Å². The third kappa shape index (κ3) is 2.69. The van der Waals surface area contributed by atoms with Crippen LogP contribution in [0.4, 0.5) is 0 Å². The third-order valence-electron chi connectivity index (χ3n) is 1.50. The minimum atomic E-state index is -0.426. The van der Waals surface area contributed by atoms with Gasteiger partial charge in [0.15, 0.2) is 5.71 Å². The summed E-state index contributed by atoms with van der Waals surface area (Å²) >= 11 is 0. The molecule has 1 heterocycles. The zero-order valence-electron chi connectivity index (χ0n) is 7.78. The summed E-state index contributed by atoms with van der Waals surface area (Å²) in [4.78, 5) is 15.9. The van der Waals surface area contributed by atoms with Crippen molar-refractivity contribution in [3.8, 4) is 0 Å². The topological polar surface area (TPSA) is 57.1 Å². The van der Waals surface area contributed by atoms with E-state index in [0.29, 0.717) is 25.3 Å². The average Bonchev–Trinajstić information content (AvgIpc) is 2.54. The van der Waals surface area contributed by atoms with E-state index in [9.17, 15) is 4.79 Å².